The van der Waals surface area contributed by atoms with Crippen LogP contribution in [0.4, 0.5) is 0 Å². The topological polar surface area (TPSA) is 112 Å². The van der Waals surface area contributed by atoms with Crippen molar-refractivity contribution < 1.29 is 29.9 Å². The minimum absolute atomic E-state index is 0.0762. The summed E-state index contributed by atoms with van der Waals surface area (Å²) in [6.45, 7) is -0.417. The summed E-state index contributed by atoms with van der Waals surface area (Å²) in [6.07, 6.45) is -4.89. The summed E-state index contributed by atoms with van der Waals surface area (Å²) in [5.41, 5.74) is 0.700. The highest BCUT2D eigenvalue weighted by Gasteiger charge is 2.43. The van der Waals surface area contributed by atoms with E-state index in [0.717, 1.165) is 0 Å². The number of ether oxygens (including phenoxy) is 2. The van der Waals surface area contributed by atoms with Crippen molar-refractivity contribution in [1.29, 1.82) is 0 Å². The number of hydrogen-bond donors (Lipinski definition) is 4. The van der Waals surface area contributed by atoms with E-state index in [0.29, 0.717) is 10.7 Å². The van der Waals surface area contributed by atoms with Gasteiger partial charge in [-0.25, -0.2) is 4.98 Å². The minimum Gasteiger partial charge on any atom is -0.394 e. The van der Waals surface area contributed by atoms with Crippen LogP contribution in [0.1, 0.15) is 5.56 Å². The Labute approximate surface area is 120 Å². The molecule has 2 rings (SSSR count). The predicted molar refractivity (Wildman–Crippen MR) is 67.8 cm³/mol. The molecule has 7 nitrogen and oxygen atoms in total. The van der Waals surface area contributed by atoms with Crippen LogP contribution >= 0.6 is 11.6 Å². The van der Waals surface area contributed by atoms with Crippen molar-refractivity contribution in [2.75, 3.05) is 6.61 Å². The molecule has 1 aromatic rings. The zero-order valence-electron chi connectivity index (χ0n) is 10.5. The fourth-order valence-corrected chi connectivity index (χ4v) is 1.99. The number of aliphatic hydroxyl groups is 4. The SMILES string of the molecule is OCC1OC(OCc2ccc(Cl)nc2)C(O)C(O)C1O. The Bertz CT molecular complexity index is 428. The smallest absolute Gasteiger partial charge is 0.187 e. The van der Waals surface area contributed by atoms with E-state index in [1.165, 1.54) is 6.20 Å². The quantitative estimate of drug-likeness (QED) is 0.531. The van der Waals surface area contributed by atoms with Crippen LogP contribution in [0, 0.1) is 0 Å². The molecule has 0 bridgehead atoms. The molecule has 1 fully saturated rings. The van der Waals surface area contributed by atoms with Crippen molar-refractivity contribution in [2.24, 2.45) is 0 Å². The van der Waals surface area contributed by atoms with Gasteiger partial charge in [-0.05, 0) is 11.6 Å². The molecule has 2 heterocycles. The van der Waals surface area contributed by atoms with Gasteiger partial charge in [0.2, 0.25) is 0 Å². The average molecular weight is 306 g/mol. The lowest BCUT2D eigenvalue weighted by Crippen LogP contribution is -2.59. The van der Waals surface area contributed by atoms with Crippen LogP contribution in [0.3, 0.4) is 0 Å². The summed E-state index contributed by atoms with van der Waals surface area (Å²) in [5.74, 6) is 0. The molecule has 4 N–H and O–H groups in total. The first-order chi connectivity index (χ1) is 9.52. The van der Waals surface area contributed by atoms with Gasteiger partial charge in [0.25, 0.3) is 0 Å². The lowest BCUT2D eigenvalue weighted by molar-refractivity contribution is -0.304. The number of pyridine rings is 1. The first-order valence-electron chi connectivity index (χ1n) is 6.05. The Morgan fingerprint density at radius 2 is 1.95 bits per heavy atom. The second-order valence-electron chi connectivity index (χ2n) is 4.50. The molecule has 5 atom stereocenters. The molecule has 112 valence electrons. The predicted octanol–water partition coefficient (Wildman–Crippen LogP) is -0.949. The maximum absolute atomic E-state index is 9.76. The first-order valence-corrected chi connectivity index (χ1v) is 6.43. The van der Waals surface area contributed by atoms with Crippen LogP contribution in [0.15, 0.2) is 18.3 Å². The lowest BCUT2D eigenvalue weighted by Gasteiger charge is -2.39. The molecule has 20 heavy (non-hydrogen) atoms. The Morgan fingerprint density at radius 3 is 2.55 bits per heavy atom. The van der Waals surface area contributed by atoms with E-state index in [4.69, 9.17) is 26.2 Å². The first kappa shape index (κ1) is 15.6. The summed E-state index contributed by atoms with van der Waals surface area (Å²) in [4.78, 5) is 3.87. The zero-order chi connectivity index (χ0) is 14.7. The van der Waals surface area contributed by atoms with Crippen molar-refractivity contribution in [1.82, 2.24) is 4.98 Å². The molecule has 8 heteroatoms. The Hall–Kier alpha value is -0.800. The molecular formula is C12H16ClNO6. The Kier molecular flexibility index (Phi) is 5.28. The second kappa shape index (κ2) is 6.77. The maximum Gasteiger partial charge on any atom is 0.187 e. The highest BCUT2D eigenvalue weighted by Crippen LogP contribution is 2.22. The number of rotatable bonds is 4. The van der Waals surface area contributed by atoms with E-state index in [-0.39, 0.29) is 6.61 Å². The van der Waals surface area contributed by atoms with E-state index in [9.17, 15) is 15.3 Å². The third-order valence-corrected chi connectivity index (χ3v) is 3.27. The Morgan fingerprint density at radius 1 is 1.20 bits per heavy atom. The number of nitrogens with zero attached hydrogens (tertiary/aromatic N) is 1. The second-order valence-corrected chi connectivity index (χ2v) is 4.88. The van der Waals surface area contributed by atoms with Crippen LogP contribution < -0.4 is 0 Å². The van der Waals surface area contributed by atoms with E-state index in [2.05, 4.69) is 4.98 Å². The fourth-order valence-electron chi connectivity index (χ4n) is 1.88. The van der Waals surface area contributed by atoms with Crippen molar-refractivity contribution >= 4 is 11.6 Å². The average Bonchev–Trinajstić information content (AvgIpc) is 2.46. The normalized spacial score (nSPS) is 34.1. The minimum atomic E-state index is -1.45. The van der Waals surface area contributed by atoms with E-state index in [1.54, 1.807) is 12.1 Å². The molecule has 1 aliphatic rings. The van der Waals surface area contributed by atoms with Gasteiger partial charge in [0, 0.05) is 6.20 Å². The standard InChI is InChI=1S/C12H16ClNO6/c13-8-2-1-6(3-14-8)5-19-12-11(18)10(17)9(16)7(4-15)20-12/h1-3,7,9-12,15-18H,4-5H2. The van der Waals surface area contributed by atoms with Crippen molar-refractivity contribution in [2.45, 2.75) is 37.3 Å². The number of hydrogen-bond acceptors (Lipinski definition) is 7. The summed E-state index contributed by atoms with van der Waals surface area (Å²) in [7, 11) is 0. The molecule has 0 radical (unpaired) electrons. The monoisotopic (exact) mass is 305 g/mol. The van der Waals surface area contributed by atoms with Gasteiger partial charge in [0.1, 0.15) is 29.6 Å². The van der Waals surface area contributed by atoms with Crippen LogP contribution in [0.5, 0.6) is 0 Å². The number of aliphatic hydroxyl groups excluding tert-OH is 4. The van der Waals surface area contributed by atoms with Gasteiger partial charge >= 0.3 is 0 Å². The third kappa shape index (κ3) is 3.44. The summed E-state index contributed by atoms with van der Waals surface area (Å²) in [6, 6.07) is 3.28. The molecule has 0 amide bonds. The molecule has 1 aromatic heterocycles. The van der Waals surface area contributed by atoms with Crippen molar-refractivity contribution in [3.05, 3.63) is 29.0 Å². The van der Waals surface area contributed by atoms with Gasteiger partial charge in [-0.2, -0.15) is 0 Å². The highest BCUT2D eigenvalue weighted by molar-refractivity contribution is 6.29. The van der Waals surface area contributed by atoms with Gasteiger partial charge in [-0.3, -0.25) is 0 Å². The third-order valence-electron chi connectivity index (χ3n) is 3.05. The fraction of sp³-hybridized carbons (Fsp3) is 0.583. The highest BCUT2D eigenvalue weighted by atomic mass is 35.5. The van der Waals surface area contributed by atoms with Crippen molar-refractivity contribution in [3.63, 3.8) is 0 Å². The summed E-state index contributed by atoms with van der Waals surface area (Å²) >= 11 is 5.65. The maximum atomic E-state index is 9.76. The summed E-state index contributed by atoms with van der Waals surface area (Å²) in [5, 5.41) is 38.4. The molecule has 0 saturated carbocycles. The van der Waals surface area contributed by atoms with Gasteiger partial charge < -0.3 is 29.9 Å². The van der Waals surface area contributed by atoms with E-state index < -0.39 is 37.3 Å². The molecule has 0 spiro atoms. The van der Waals surface area contributed by atoms with Crippen LogP contribution in [-0.2, 0) is 16.1 Å². The number of aromatic nitrogens is 1. The molecule has 1 aliphatic heterocycles. The number of halogens is 1. The molecule has 0 aliphatic carbocycles. The molecule has 0 aromatic carbocycles. The largest absolute Gasteiger partial charge is 0.394 e. The van der Waals surface area contributed by atoms with Crippen molar-refractivity contribution in [3.8, 4) is 0 Å². The van der Waals surface area contributed by atoms with Gasteiger partial charge in [0.05, 0.1) is 13.2 Å². The molecular weight excluding hydrogens is 290 g/mol. The zero-order valence-corrected chi connectivity index (χ0v) is 11.2. The Balaban J connectivity index is 1.95. The van der Waals surface area contributed by atoms with Gasteiger partial charge in [-0.1, -0.05) is 17.7 Å². The van der Waals surface area contributed by atoms with Crippen LogP contribution in [-0.4, -0.2) is 62.7 Å². The summed E-state index contributed by atoms with van der Waals surface area (Å²) < 4.78 is 10.5. The van der Waals surface area contributed by atoms with Gasteiger partial charge in [0.15, 0.2) is 6.29 Å². The molecule has 1 saturated heterocycles. The lowest BCUT2D eigenvalue weighted by atomic mass is 9.99. The van der Waals surface area contributed by atoms with E-state index in [1.807, 2.05) is 0 Å². The van der Waals surface area contributed by atoms with E-state index >= 15 is 0 Å². The molecule has 5 unspecified atom stereocenters. The van der Waals surface area contributed by atoms with Crippen LogP contribution in [0.2, 0.25) is 5.15 Å². The van der Waals surface area contributed by atoms with Gasteiger partial charge in [-0.15, -0.1) is 0 Å². The van der Waals surface area contributed by atoms with Crippen LogP contribution in [0.25, 0.3) is 0 Å².